The first kappa shape index (κ1) is 17.9. The number of hydrogen-bond donors (Lipinski definition) is 2. The molecule has 1 aliphatic carbocycles. The third-order valence-corrected chi connectivity index (χ3v) is 5.31. The van der Waals surface area contributed by atoms with E-state index in [-0.39, 0.29) is 11.8 Å². The first-order valence-electron chi connectivity index (χ1n) is 9.02. The molecule has 0 spiro atoms. The lowest BCUT2D eigenvalue weighted by Gasteiger charge is -2.36. The molecule has 1 aromatic rings. The lowest BCUT2D eigenvalue weighted by atomic mass is 10.3. The Kier molecular flexibility index (Phi) is 6.06. The minimum atomic E-state index is 0.189. The molecule has 25 heavy (non-hydrogen) atoms. The maximum atomic E-state index is 11.6. The van der Waals surface area contributed by atoms with E-state index in [1.807, 2.05) is 0 Å². The van der Waals surface area contributed by atoms with Crippen LogP contribution in [0.15, 0.2) is 4.99 Å². The number of amides is 1. The topological polar surface area (TPSA) is 85.8 Å². The number of carbonyl (C=O) groups excluding carboxylic acids is 1. The van der Waals surface area contributed by atoms with Gasteiger partial charge >= 0.3 is 0 Å². The van der Waals surface area contributed by atoms with Crippen molar-refractivity contribution in [3.63, 3.8) is 0 Å². The Morgan fingerprint density at radius 3 is 2.56 bits per heavy atom. The van der Waals surface area contributed by atoms with Crippen molar-refractivity contribution in [2.24, 2.45) is 10.9 Å². The summed E-state index contributed by atoms with van der Waals surface area (Å²) in [6, 6.07) is 0. The van der Waals surface area contributed by atoms with Gasteiger partial charge in [-0.2, -0.15) is 4.37 Å². The zero-order valence-corrected chi connectivity index (χ0v) is 15.8. The summed E-state index contributed by atoms with van der Waals surface area (Å²) in [6.45, 7) is 7.03. The Morgan fingerprint density at radius 1 is 1.24 bits per heavy atom. The van der Waals surface area contributed by atoms with Crippen LogP contribution in [0.1, 0.15) is 25.6 Å². The van der Waals surface area contributed by atoms with Gasteiger partial charge in [0.1, 0.15) is 5.82 Å². The number of hydrogen-bond acceptors (Lipinski definition) is 6. The molecule has 1 saturated carbocycles. The molecule has 1 aliphatic heterocycles. The van der Waals surface area contributed by atoms with Gasteiger partial charge in [0.25, 0.3) is 0 Å². The van der Waals surface area contributed by atoms with Crippen LogP contribution in [0.4, 0.5) is 5.13 Å². The van der Waals surface area contributed by atoms with Crippen LogP contribution >= 0.6 is 11.5 Å². The second-order valence-corrected chi connectivity index (χ2v) is 7.09. The highest BCUT2D eigenvalue weighted by Crippen LogP contribution is 2.28. The van der Waals surface area contributed by atoms with Crippen LogP contribution in [-0.2, 0) is 11.2 Å². The zero-order valence-electron chi connectivity index (χ0n) is 15.0. The molecule has 0 radical (unpaired) electrons. The van der Waals surface area contributed by atoms with Gasteiger partial charge in [-0.25, -0.2) is 4.98 Å². The van der Waals surface area contributed by atoms with E-state index in [2.05, 4.69) is 41.7 Å². The van der Waals surface area contributed by atoms with E-state index in [0.717, 1.165) is 62.4 Å². The van der Waals surface area contributed by atoms with Crippen LogP contribution in [0, 0.1) is 5.92 Å². The summed E-state index contributed by atoms with van der Waals surface area (Å²) in [6.07, 6.45) is 2.96. The first-order valence-corrected chi connectivity index (χ1v) is 9.79. The average Bonchev–Trinajstić information content (AvgIpc) is 3.39. The molecule has 9 heteroatoms. The zero-order chi connectivity index (χ0) is 17.6. The van der Waals surface area contributed by atoms with Crippen molar-refractivity contribution in [1.82, 2.24) is 24.9 Å². The number of anilines is 1. The van der Waals surface area contributed by atoms with E-state index >= 15 is 0 Å². The van der Waals surface area contributed by atoms with Crippen LogP contribution in [-0.4, -0.2) is 72.4 Å². The fourth-order valence-corrected chi connectivity index (χ4v) is 3.61. The highest BCUT2D eigenvalue weighted by atomic mass is 32.1. The van der Waals surface area contributed by atoms with E-state index in [9.17, 15) is 4.79 Å². The van der Waals surface area contributed by atoms with Crippen LogP contribution in [0.2, 0.25) is 0 Å². The van der Waals surface area contributed by atoms with Gasteiger partial charge in [-0.05, 0) is 12.8 Å². The molecular weight excluding hydrogens is 338 g/mol. The van der Waals surface area contributed by atoms with Crippen molar-refractivity contribution in [2.45, 2.75) is 26.2 Å². The molecule has 2 N–H and O–H groups in total. The van der Waals surface area contributed by atoms with Gasteiger partial charge in [-0.15, -0.1) is 0 Å². The predicted molar refractivity (Wildman–Crippen MR) is 100 cm³/mol. The summed E-state index contributed by atoms with van der Waals surface area (Å²) in [7, 11) is 1.80. The molecule has 0 atom stereocenters. The monoisotopic (exact) mass is 365 g/mol. The summed E-state index contributed by atoms with van der Waals surface area (Å²) >= 11 is 1.48. The standard InChI is InChI=1S/C16H27N7OS/c1-3-13-20-16(25-21-13)23-10-8-22(9-11-23)15(17-2)19-7-6-18-14(24)12-4-5-12/h12H,3-11H2,1-2H3,(H,17,19)(H,18,24). The molecule has 2 fully saturated rings. The summed E-state index contributed by atoms with van der Waals surface area (Å²) in [5.41, 5.74) is 0. The van der Waals surface area contributed by atoms with Crippen LogP contribution in [0.3, 0.4) is 0 Å². The first-order chi connectivity index (χ1) is 12.2. The molecule has 138 valence electrons. The van der Waals surface area contributed by atoms with Gasteiger partial charge in [0.15, 0.2) is 5.96 Å². The van der Waals surface area contributed by atoms with Crippen LogP contribution in [0.25, 0.3) is 0 Å². The Hall–Kier alpha value is -1.90. The second kappa shape index (κ2) is 8.46. The van der Waals surface area contributed by atoms with Gasteiger partial charge < -0.3 is 20.4 Å². The summed E-state index contributed by atoms with van der Waals surface area (Å²) < 4.78 is 4.37. The molecule has 2 aliphatic rings. The lowest BCUT2D eigenvalue weighted by molar-refractivity contribution is -0.122. The van der Waals surface area contributed by atoms with Gasteiger partial charge in [0.05, 0.1) is 0 Å². The smallest absolute Gasteiger partial charge is 0.223 e. The third-order valence-electron chi connectivity index (χ3n) is 4.49. The van der Waals surface area contributed by atoms with Crippen molar-refractivity contribution < 1.29 is 4.79 Å². The Balaban J connectivity index is 1.39. The van der Waals surface area contributed by atoms with Gasteiger partial charge in [-0.3, -0.25) is 9.79 Å². The van der Waals surface area contributed by atoms with Crippen molar-refractivity contribution in [3.05, 3.63) is 5.82 Å². The SMILES string of the molecule is CCc1nsc(N2CCN(C(=NC)NCCNC(=O)C3CC3)CC2)n1. The Bertz CT molecular complexity index is 605. The third kappa shape index (κ3) is 4.81. The van der Waals surface area contributed by atoms with E-state index < -0.39 is 0 Å². The van der Waals surface area contributed by atoms with Gasteiger partial charge in [-0.1, -0.05) is 6.92 Å². The summed E-state index contributed by atoms with van der Waals surface area (Å²) in [5, 5.41) is 7.32. The summed E-state index contributed by atoms with van der Waals surface area (Å²) in [4.78, 5) is 25.1. The number of aliphatic imine (C=N–C) groups is 1. The maximum absolute atomic E-state index is 11.6. The van der Waals surface area contributed by atoms with Crippen molar-refractivity contribution in [2.75, 3.05) is 51.2 Å². The molecule has 0 aromatic carbocycles. The van der Waals surface area contributed by atoms with Crippen LogP contribution in [0.5, 0.6) is 0 Å². The number of carbonyl (C=O) groups is 1. The number of aromatic nitrogens is 2. The van der Waals surface area contributed by atoms with E-state index in [0.29, 0.717) is 13.1 Å². The fourth-order valence-electron chi connectivity index (χ4n) is 2.81. The second-order valence-electron chi connectivity index (χ2n) is 6.36. The number of nitrogens with zero attached hydrogens (tertiary/aromatic N) is 5. The number of guanidine groups is 1. The summed E-state index contributed by atoms with van der Waals surface area (Å²) in [5.74, 6) is 2.27. The predicted octanol–water partition coefficient (Wildman–Crippen LogP) is 0.324. The normalized spacial score (nSPS) is 18.4. The molecule has 8 nitrogen and oxygen atoms in total. The number of nitrogens with one attached hydrogen (secondary N) is 2. The highest BCUT2D eigenvalue weighted by Gasteiger charge is 2.29. The molecule has 3 rings (SSSR count). The fraction of sp³-hybridized carbons (Fsp3) is 0.750. The number of piperazine rings is 1. The molecule has 1 saturated heterocycles. The van der Waals surface area contributed by atoms with E-state index in [1.54, 1.807) is 7.05 Å². The van der Waals surface area contributed by atoms with Crippen molar-refractivity contribution in [3.8, 4) is 0 Å². The van der Waals surface area contributed by atoms with Crippen molar-refractivity contribution >= 4 is 28.5 Å². The Labute approximate surface area is 152 Å². The molecule has 2 heterocycles. The average molecular weight is 366 g/mol. The quantitative estimate of drug-likeness (QED) is 0.429. The molecule has 1 amide bonds. The van der Waals surface area contributed by atoms with E-state index in [1.165, 1.54) is 11.5 Å². The maximum Gasteiger partial charge on any atom is 0.223 e. The van der Waals surface area contributed by atoms with Crippen molar-refractivity contribution in [1.29, 1.82) is 0 Å². The van der Waals surface area contributed by atoms with Gasteiger partial charge in [0.2, 0.25) is 11.0 Å². The number of rotatable bonds is 6. The minimum Gasteiger partial charge on any atom is -0.354 e. The highest BCUT2D eigenvalue weighted by molar-refractivity contribution is 7.09. The molecule has 1 aromatic heterocycles. The number of aryl methyl sites for hydroxylation is 1. The van der Waals surface area contributed by atoms with Gasteiger partial charge in [0, 0.05) is 70.2 Å². The lowest BCUT2D eigenvalue weighted by Crippen LogP contribution is -2.53. The minimum absolute atomic E-state index is 0.189. The van der Waals surface area contributed by atoms with E-state index in [4.69, 9.17) is 0 Å². The molecule has 0 unspecified atom stereocenters. The Morgan fingerprint density at radius 2 is 1.96 bits per heavy atom. The molecule has 0 bridgehead atoms. The largest absolute Gasteiger partial charge is 0.354 e. The molecular formula is C16H27N7OS. The van der Waals surface area contributed by atoms with Crippen LogP contribution < -0.4 is 15.5 Å².